The summed E-state index contributed by atoms with van der Waals surface area (Å²) < 4.78 is 0. The molecule has 1 N–H and O–H groups in total. The van der Waals surface area contributed by atoms with Crippen LogP contribution < -0.4 is 5.32 Å². The molecule has 3 rings (SSSR count). The molecule has 1 heterocycles. The maximum absolute atomic E-state index is 4.22. The quantitative estimate of drug-likeness (QED) is 0.766. The van der Waals surface area contributed by atoms with Crippen LogP contribution in [0.15, 0.2) is 67.0 Å². The van der Waals surface area contributed by atoms with Crippen LogP contribution in [0, 0.1) is 0 Å². The zero-order chi connectivity index (χ0) is 13.1. The molecule has 0 aliphatic rings. The van der Waals surface area contributed by atoms with Gasteiger partial charge in [-0.05, 0) is 35.0 Å². The smallest absolute Gasteiger partial charge is 0.0595 e. The average molecular weight is 248 g/mol. The van der Waals surface area contributed by atoms with E-state index in [1.165, 1.54) is 21.9 Å². The monoisotopic (exact) mass is 248 g/mol. The van der Waals surface area contributed by atoms with E-state index in [0.29, 0.717) is 0 Å². The minimum atomic E-state index is 0.166. The molecule has 1 atom stereocenters. The maximum atomic E-state index is 4.22. The molecule has 1 aromatic heterocycles. The first-order valence-electron chi connectivity index (χ1n) is 6.45. The lowest BCUT2D eigenvalue weighted by atomic mass is 9.95. The van der Waals surface area contributed by atoms with E-state index in [1.54, 1.807) is 6.20 Å². The molecule has 1 unspecified atom stereocenters. The number of rotatable bonds is 3. The van der Waals surface area contributed by atoms with Crippen LogP contribution in [0.5, 0.6) is 0 Å². The fourth-order valence-corrected chi connectivity index (χ4v) is 2.55. The molecule has 2 aromatic carbocycles. The van der Waals surface area contributed by atoms with Crippen LogP contribution in [0.3, 0.4) is 0 Å². The van der Waals surface area contributed by atoms with Crippen LogP contribution in [0.1, 0.15) is 17.2 Å². The van der Waals surface area contributed by atoms with Crippen molar-refractivity contribution in [2.24, 2.45) is 0 Å². The van der Waals surface area contributed by atoms with E-state index < -0.39 is 0 Å². The van der Waals surface area contributed by atoms with Crippen molar-refractivity contribution in [3.63, 3.8) is 0 Å². The van der Waals surface area contributed by atoms with Gasteiger partial charge in [0.05, 0.1) is 6.04 Å². The van der Waals surface area contributed by atoms with E-state index in [1.807, 2.05) is 19.3 Å². The highest BCUT2D eigenvalue weighted by Crippen LogP contribution is 2.28. The SMILES string of the molecule is CNC(c1cccnc1)c1cccc2ccccc12. The third-order valence-corrected chi connectivity index (χ3v) is 3.44. The summed E-state index contributed by atoms with van der Waals surface area (Å²) in [5.74, 6) is 0. The molecular formula is C17H16N2. The molecule has 0 spiro atoms. The van der Waals surface area contributed by atoms with Gasteiger partial charge in [0.1, 0.15) is 0 Å². The topological polar surface area (TPSA) is 24.9 Å². The van der Waals surface area contributed by atoms with Gasteiger partial charge >= 0.3 is 0 Å². The zero-order valence-corrected chi connectivity index (χ0v) is 10.9. The minimum absolute atomic E-state index is 0.166. The van der Waals surface area contributed by atoms with Crippen molar-refractivity contribution in [2.75, 3.05) is 7.05 Å². The number of hydrogen-bond donors (Lipinski definition) is 1. The van der Waals surface area contributed by atoms with Gasteiger partial charge in [0.15, 0.2) is 0 Å². The second-order valence-corrected chi connectivity index (χ2v) is 4.58. The van der Waals surface area contributed by atoms with Crippen molar-refractivity contribution in [1.82, 2.24) is 10.3 Å². The Balaban J connectivity index is 2.17. The van der Waals surface area contributed by atoms with Gasteiger partial charge in [-0.15, -0.1) is 0 Å². The Morgan fingerprint density at radius 2 is 1.79 bits per heavy atom. The normalized spacial score (nSPS) is 12.5. The van der Waals surface area contributed by atoms with Gasteiger partial charge in [-0.1, -0.05) is 48.5 Å². The van der Waals surface area contributed by atoms with E-state index in [-0.39, 0.29) is 6.04 Å². The van der Waals surface area contributed by atoms with Crippen molar-refractivity contribution in [1.29, 1.82) is 0 Å². The molecule has 2 heteroatoms. The predicted molar refractivity (Wildman–Crippen MR) is 79.1 cm³/mol. The summed E-state index contributed by atoms with van der Waals surface area (Å²) >= 11 is 0. The molecule has 0 saturated carbocycles. The molecule has 19 heavy (non-hydrogen) atoms. The van der Waals surface area contributed by atoms with Crippen LogP contribution in [-0.2, 0) is 0 Å². The summed E-state index contributed by atoms with van der Waals surface area (Å²) in [7, 11) is 1.99. The summed E-state index contributed by atoms with van der Waals surface area (Å²) in [5, 5.41) is 5.94. The summed E-state index contributed by atoms with van der Waals surface area (Å²) in [6.45, 7) is 0. The lowest BCUT2D eigenvalue weighted by Crippen LogP contribution is -2.18. The molecule has 0 radical (unpaired) electrons. The Kier molecular flexibility index (Phi) is 3.25. The van der Waals surface area contributed by atoms with Crippen molar-refractivity contribution < 1.29 is 0 Å². The first kappa shape index (κ1) is 11.9. The van der Waals surface area contributed by atoms with Crippen LogP contribution in [0.25, 0.3) is 10.8 Å². The van der Waals surface area contributed by atoms with E-state index in [9.17, 15) is 0 Å². The number of nitrogens with zero attached hydrogens (tertiary/aromatic N) is 1. The molecule has 94 valence electrons. The number of benzene rings is 2. The first-order chi connectivity index (χ1) is 9.40. The Bertz CT molecular complexity index is 672. The van der Waals surface area contributed by atoms with Crippen molar-refractivity contribution in [3.05, 3.63) is 78.1 Å². The fourth-order valence-electron chi connectivity index (χ4n) is 2.55. The minimum Gasteiger partial charge on any atom is -0.309 e. The van der Waals surface area contributed by atoms with E-state index in [0.717, 1.165) is 0 Å². The van der Waals surface area contributed by atoms with E-state index in [4.69, 9.17) is 0 Å². The van der Waals surface area contributed by atoms with Crippen LogP contribution in [0.4, 0.5) is 0 Å². The third kappa shape index (κ3) is 2.23. The second kappa shape index (κ2) is 5.21. The van der Waals surface area contributed by atoms with Gasteiger partial charge in [0, 0.05) is 12.4 Å². The number of pyridine rings is 1. The van der Waals surface area contributed by atoms with Crippen molar-refractivity contribution in [3.8, 4) is 0 Å². The largest absolute Gasteiger partial charge is 0.309 e. The maximum Gasteiger partial charge on any atom is 0.0595 e. The number of aromatic nitrogens is 1. The molecular weight excluding hydrogens is 232 g/mol. The van der Waals surface area contributed by atoms with Gasteiger partial charge in [-0.3, -0.25) is 4.98 Å². The van der Waals surface area contributed by atoms with E-state index in [2.05, 4.69) is 58.8 Å². The highest BCUT2D eigenvalue weighted by Gasteiger charge is 2.14. The molecule has 3 aromatic rings. The number of hydrogen-bond acceptors (Lipinski definition) is 2. The van der Waals surface area contributed by atoms with Gasteiger partial charge in [0.2, 0.25) is 0 Å². The summed E-state index contributed by atoms with van der Waals surface area (Å²) in [6.07, 6.45) is 3.72. The molecule has 0 amide bonds. The fraction of sp³-hybridized carbons (Fsp3) is 0.118. The Hall–Kier alpha value is -2.19. The van der Waals surface area contributed by atoms with E-state index >= 15 is 0 Å². The van der Waals surface area contributed by atoms with Gasteiger partial charge in [-0.2, -0.15) is 0 Å². The first-order valence-corrected chi connectivity index (χ1v) is 6.45. The lowest BCUT2D eigenvalue weighted by Gasteiger charge is -2.18. The Morgan fingerprint density at radius 1 is 0.947 bits per heavy atom. The Morgan fingerprint density at radius 3 is 2.58 bits per heavy atom. The molecule has 2 nitrogen and oxygen atoms in total. The molecule has 0 bridgehead atoms. The predicted octanol–water partition coefficient (Wildman–Crippen LogP) is 3.54. The zero-order valence-electron chi connectivity index (χ0n) is 10.9. The molecule has 0 aliphatic carbocycles. The lowest BCUT2D eigenvalue weighted by molar-refractivity contribution is 0.694. The summed E-state index contributed by atoms with van der Waals surface area (Å²) in [4.78, 5) is 4.22. The van der Waals surface area contributed by atoms with Crippen molar-refractivity contribution in [2.45, 2.75) is 6.04 Å². The number of nitrogens with one attached hydrogen (secondary N) is 1. The van der Waals surface area contributed by atoms with Crippen LogP contribution >= 0.6 is 0 Å². The highest BCUT2D eigenvalue weighted by atomic mass is 14.9. The van der Waals surface area contributed by atoms with Gasteiger partial charge in [0.25, 0.3) is 0 Å². The molecule has 0 aliphatic heterocycles. The molecule has 0 saturated heterocycles. The standard InChI is InChI=1S/C17H16N2/c1-18-17(14-8-5-11-19-12-14)16-10-4-7-13-6-2-3-9-15(13)16/h2-12,17-18H,1H3. The highest BCUT2D eigenvalue weighted by molar-refractivity contribution is 5.86. The van der Waals surface area contributed by atoms with Crippen LogP contribution in [0.2, 0.25) is 0 Å². The Labute approximate surface area is 113 Å². The summed E-state index contributed by atoms with van der Waals surface area (Å²) in [6, 6.07) is 19.2. The van der Waals surface area contributed by atoms with Gasteiger partial charge in [-0.25, -0.2) is 0 Å². The second-order valence-electron chi connectivity index (χ2n) is 4.58. The number of fused-ring (bicyclic) bond motifs is 1. The van der Waals surface area contributed by atoms with Crippen molar-refractivity contribution >= 4 is 10.8 Å². The molecule has 0 fully saturated rings. The third-order valence-electron chi connectivity index (χ3n) is 3.44. The van der Waals surface area contributed by atoms with Crippen LogP contribution in [-0.4, -0.2) is 12.0 Å². The summed E-state index contributed by atoms with van der Waals surface area (Å²) in [5.41, 5.74) is 2.47. The average Bonchev–Trinajstić information content (AvgIpc) is 2.49. The van der Waals surface area contributed by atoms with Gasteiger partial charge < -0.3 is 5.32 Å².